The van der Waals surface area contributed by atoms with E-state index in [9.17, 15) is 9.59 Å². The van der Waals surface area contributed by atoms with Crippen molar-refractivity contribution >= 4 is 23.2 Å². The Hall–Kier alpha value is -2.41. The molecular formula is C19H22N2O4S. The van der Waals surface area contributed by atoms with Gasteiger partial charge in [-0.2, -0.15) is 0 Å². The molecule has 6 nitrogen and oxygen atoms in total. The average Bonchev–Trinajstić information content (AvgIpc) is 3.31. The molecule has 1 aromatic heterocycles. The zero-order chi connectivity index (χ0) is 18.5. The van der Waals surface area contributed by atoms with Crippen LogP contribution in [0.4, 0.5) is 0 Å². The van der Waals surface area contributed by atoms with Crippen LogP contribution in [0.2, 0.25) is 0 Å². The first-order valence-corrected chi connectivity index (χ1v) is 9.54. The molecule has 0 bridgehead atoms. The van der Waals surface area contributed by atoms with E-state index < -0.39 is 12.1 Å². The van der Waals surface area contributed by atoms with Gasteiger partial charge in [0.2, 0.25) is 0 Å². The van der Waals surface area contributed by atoms with E-state index in [-0.39, 0.29) is 5.91 Å². The van der Waals surface area contributed by atoms with Gasteiger partial charge in [-0.05, 0) is 44.9 Å². The SMILES string of the molecule is Cc1nc(COc2cccc(C(=O)OC(C)C(=O)N3CCCC3)c2)cs1. The van der Waals surface area contributed by atoms with Crippen molar-refractivity contribution in [2.45, 2.75) is 39.4 Å². The summed E-state index contributed by atoms with van der Waals surface area (Å²) in [7, 11) is 0. The highest BCUT2D eigenvalue weighted by Crippen LogP contribution is 2.18. The highest BCUT2D eigenvalue weighted by atomic mass is 32.1. The quantitative estimate of drug-likeness (QED) is 0.727. The van der Waals surface area contributed by atoms with Crippen molar-refractivity contribution in [1.82, 2.24) is 9.88 Å². The summed E-state index contributed by atoms with van der Waals surface area (Å²) >= 11 is 1.57. The summed E-state index contributed by atoms with van der Waals surface area (Å²) in [5.74, 6) is -0.106. The molecule has 0 aliphatic carbocycles. The van der Waals surface area contributed by atoms with E-state index in [4.69, 9.17) is 9.47 Å². The molecule has 1 unspecified atom stereocenters. The molecule has 0 radical (unpaired) electrons. The lowest BCUT2D eigenvalue weighted by Gasteiger charge is -2.20. The van der Waals surface area contributed by atoms with E-state index in [0.29, 0.717) is 17.9 Å². The number of aromatic nitrogens is 1. The number of benzene rings is 1. The Morgan fingerprint density at radius 2 is 2.08 bits per heavy atom. The third-order valence-electron chi connectivity index (χ3n) is 4.17. The smallest absolute Gasteiger partial charge is 0.339 e. The van der Waals surface area contributed by atoms with Gasteiger partial charge in [-0.3, -0.25) is 4.79 Å². The first-order chi connectivity index (χ1) is 12.5. The molecule has 3 rings (SSSR count). The van der Waals surface area contributed by atoms with Gasteiger partial charge in [0.25, 0.3) is 5.91 Å². The molecule has 1 aliphatic rings. The number of carbonyl (C=O) groups excluding carboxylic acids is 2. The lowest BCUT2D eigenvalue weighted by atomic mass is 10.2. The third-order valence-corrected chi connectivity index (χ3v) is 4.99. The molecule has 1 aromatic carbocycles. The molecule has 138 valence electrons. The minimum Gasteiger partial charge on any atom is -0.487 e. The lowest BCUT2D eigenvalue weighted by molar-refractivity contribution is -0.138. The maximum Gasteiger partial charge on any atom is 0.339 e. The largest absolute Gasteiger partial charge is 0.487 e. The number of amides is 1. The summed E-state index contributed by atoms with van der Waals surface area (Å²) in [5.41, 5.74) is 1.21. The van der Waals surface area contributed by atoms with E-state index >= 15 is 0 Å². The van der Waals surface area contributed by atoms with Crippen molar-refractivity contribution in [1.29, 1.82) is 0 Å². The Bertz CT molecular complexity index is 783. The number of rotatable bonds is 6. The molecule has 2 aromatic rings. The van der Waals surface area contributed by atoms with Gasteiger partial charge in [-0.15, -0.1) is 11.3 Å². The zero-order valence-corrected chi connectivity index (χ0v) is 15.8. The van der Waals surface area contributed by atoms with Gasteiger partial charge >= 0.3 is 5.97 Å². The third kappa shape index (κ3) is 4.60. The summed E-state index contributed by atoms with van der Waals surface area (Å²) in [6.45, 7) is 5.37. The number of likely N-dealkylation sites (tertiary alicyclic amines) is 1. The van der Waals surface area contributed by atoms with Crippen LogP contribution in [-0.4, -0.2) is 41.0 Å². The van der Waals surface area contributed by atoms with Crippen LogP contribution >= 0.6 is 11.3 Å². The van der Waals surface area contributed by atoms with Crippen molar-refractivity contribution < 1.29 is 19.1 Å². The van der Waals surface area contributed by atoms with Crippen LogP contribution < -0.4 is 4.74 Å². The molecule has 1 saturated heterocycles. The predicted octanol–water partition coefficient (Wildman–Crippen LogP) is 3.20. The topological polar surface area (TPSA) is 68.7 Å². The van der Waals surface area contributed by atoms with E-state index in [1.807, 2.05) is 12.3 Å². The molecule has 2 heterocycles. The Morgan fingerprint density at radius 3 is 2.77 bits per heavy atom. The fourth-order valence-corrected chi connectivity index (χ4v) is 3.42. The van der Waals surface area contributed by atoms with Crippen LogP contribution in [0.3, 0.4) is 0 Å². The van der Waals surface area contributed by atoms with E-state index in [0.717, 1.165) is 36.6 Å². The van der Waals surface area contributed by atoms with Crippen LogP contribution in [-0.2, 0) is 16.1 Å². The molecule has 0 N–H and O–H groups in total. The lowest BCUT2D eigenvalue weighted by Crippen LogP contribution is -2.38. The Balaban J connectivity index is 1.57. The van der Waals surface area contributed by atoms with Crippen molar-refractivity contribution in [3.05, 3.63) is 45.9 Å². The summed E-state index contributed by atoms with van der Waals surface area (Å²) in [6, 6.07) is 6.77. The minimum absolute atomic E-state index is 0.137. The summed E-state index contributed by atoms with van der Waals surface area (Å²) < 4.78 is 11.0. The van der Waals surface area contributed by atoms with Crippen LogP contribution in [0.25, 0.3) is 0 Å². The Kier molecular flexibility index (Phi) is 5.88. The van der Waals surface area contributed by atoms with E-state index in [2.05, 4.69) is 4.98 Å². The number of aryl methyl sites for hydroxylation is 1. The fourth-order valence-electron chi connectivity index (χ4n) is 2.82. The molecule has 1 fully saturated rings. The van der Waals surface area contributed by atoms with Crippen molar-refractivity contribution in [3.63, 3.8) is 0 Å². The van der Waals surface area contributed by atoms with Crippen LogP contribution in [0.15, 0.2) is 29.6 Å². The zero-order valence-electron chi connectivity index (χ0n) is 14.9. The second-order valence-corrected chi connectivity index (χ2v) is 7.32. The fraction of sp³-hybridized carbons (Fsp3) is 0.421. The number of carbonyl (C=O) groups is 2. The monoisotopic (exact) mass is 374 g/mol. The highest BCUT2D eigenvalue weighted by Gasteiger charge is 2.26. The summed E-state index contributed by atoms with van der Waals surface area (Å²) in [6.07, 6.45) is 1.22. The first kappa shape index (κ1) is 18.4. The van der Waals surface area contributed by atoms with Gasteiger partial charge in [-0.25, -0.2) is 9.78 Å². The Labute approximate surface area is 156 Å². The first-order valence-electron chi connectivity index (χ1n) is 8.66. The van der Waals surface area contributed by atoms with Crippen LogP contribution in [0.1, 0.15) is 40.8 Å². The molecule has 0 spiro atoms. The van der Waals surface area contributed by atoms with Gasteiger partial charge in [0.15, 0.2) is 6.10 Å². The number of hydrogen-bond acceptors (Lipinski definition) is 6. The molecule has 1 amide bonds. The molecule has 7 heteroatoms. The van der Waals surface area contributed by atoms with Crippen molar-refractivity contribution in [3.8, 4) is 5.75 Å². The molecular weight excluding hydrogens is 352 g/mol. The number of thiazole rings is 1. The number of ether oxygens (including phenoxy) is 2. The summed E-state index contributed by atoms with van der Waals surface area (Å²) in [5, 5.41) is 2.93. The van der Waals surface area contributed by atoms with Crippen molar-refractivity contribution in [2.24, 2.45) is 0 Å². The van der Waals surface area contributed by atoms with Gasteiger partial charge < -0.3 is 14.4 Å². The number of esters is 1. The molecule has 0 saturated carbocycles. The number of hydrogen-bond donors (Lipinski definition) is 0. The second-order valence-electron chi connectivity index (χ2n) is 6.25. The Morgan fingerprint density at radius 1 is 1.31 bits per heavy atom. The van der Waals surface area contributed by atoms with Crippen LogP contribution in [0.5, 0.6) is 5.75 Å². The maximum atomic E-state index is 12.3. The average molecular weight is 374 g/mol. The molecule has 26 heavy (non-hydrogen) atoms. The summed E-state index contributed by atoms with van der Waals surface area (Å²) in [4.78, 5) is 30.7. The predicted molar refractivity (Wildman–Crippen MR) is 98.3 cm³/mol. The second kappa shape index (κ2) is 8.31. The maximum absolute atomic E-state index is 12.3. The van der Waals surface area contributed by atoms with Gasteiger partial charge in [0, 0.05) is 18.5 Å². The highest BCUT2D eigenvalue weighted by molar-refractivity contribution is 7.09. The van der Waals surface area contributed by atoms with Gasteiger partial charge in [0.1, 0.15) is 12.4 Å². The number of nitrogens with zero attached hydrogens (tertiary/aromatic N) is 2. The molecule has 1 atom stereocenters. The normalized spacial score (nSPS) is 14.9. The standard InChI is InChI=1S/C19H22N2O4S/c1-13(18(22)21-8-3-4-9-21)25-19(23)15-6-5-7-17(10-15)24-11-16-12-26-14(2)20-16/h5-7,10,12-13H,3-4,8-9,11H2,1-2H3. The van der Waals surface area contributed by atoms with E-state index in [1.54, 1.807) is 47.4 Å². The van der Waals surface area contributed by atoms with Crippen LogP contribution in [0, 0.1) is 6.92 Å². The van der Waals surface area contributed by atoms with Gasteiger partial charge in [-0.1, -0.05) is 6.07 Å². The molecule has 1 aliphatic heterocycles. The minimum atomic E-state index is -0.789. The van der Waals surface area contributed by atoms with Crippen molar-refractivity contribution in [2.75, 3.05) is 13.1 Å². The van der Waals surface area contributed by atoms with Gasteiger partial charge in [0.05, 0.1) is 16.3 Å². The van der Waals surface area contributed by atoms with E-state index in [1.165, 1.54) is 0 Å².